The number of hydrogen-bond donors (Lipinski definition) is 0. The smallest absolute Gasteiger partial charge is 0.331 e. The van der Waals surface area contributed by atoms with Crippen molar-refractivity contribution in [3.05, 3.63) is 12.2 Å². The summed E-state index contributed by atoms with van der Waals surface area (Å²) in [7, 11) is 1.26. The number of esters is 2. The molecule has 0 aliphatic carbocycles. The van der Waals surface area contributed by atoms with Crippen LogP contribution in [0.3, 0.4) is 0 Å². The van der Waals surface area contributed by atoms with E-state index in [-0.39, 0.29) is 0 Å². The van der Waals surface area contributed by atoms with E-state index in [1.807, 2.05) is 0 Å². The average Bonchev–Trinajstić information content (AvgIpc) is 2.45. The molecule has 0 aromatic heterocycles. The number of ether oxygens (including phenoxy) is 2. The highest BCUT2D eigenvalue weighted by molar-refractivity contribution is 5.91. The van der Waals surface area contributed by atoms with Crippen LogP contribution in [-0.4, -0.2) is 74.2 Å². The van der Waals surface area contributed by atoms with E-state index in [0.717, 1.165) is 44.9 Å². The van der Waals surface area contributed by atoms with E-state index in [4.69, 9.17) is 4.74 Å². The molecule has 0 unspecified atom stereocenters. The Morgan fingerprint density at radius 3 is 2.25 bits per heavy atom. The van der Waals surface area contributed by atoms with Gasteiger partial charge in [0.05, 0.1) is 7.11 Å². The van der Waals surface area contributed by atoms with Gasteiger partial charge in [-0.05, 0) is 13.8 Å². The van der Waals surface area contributed by atoms with Crippen molar-refractivity contribution in [1.82, 2.24) is 9.80 Å². The van der Waals surface area contributed by atoms with Crippen LogP contribution in [0.5, 0.6) is 0 Å². The molecule has 0 spiro atoms. The lowest BCUT2D eigenvalue weighted by Crippen LogP contribution is -2.49. The van der Waals surface area contributed by atoms with Crippen molar-refractivity contribution in [3.8, 4) is 0 Å². The highest BCUT2D eigenvalue weighted by Crippen LogP contribution is 2.05. The molecule has 1 heterocycles. The zero-order valence-electron chi connectivity index (χ0n) is 12.5. The standard InChI is InChI=1S/C14H24N2O4/c1-12(2)16-8-6-15(7-9-16)10-11-20-14(18)5-4-13(17)19-3/h4-5,12H,6-11H2,1-3H3/b5-4+. The zero-order valence-corrected chi connectivity index (χ0v) is 12.5. The third-order valence-corrected chi connectivity index (χ3v) is 3.35. The first-order valence-electron chi connectivity index (χ1n) is 6.92. The Labute approximate surface area is 120 Å². The predicted octanol–water partition coefficient (Wildman–Crippen LogP) is 0.285. The van der Waals surface area contributed by atoms with Gasteiger partial charge in [-0.1, -0.05) is 0 Å². The third kappa shape index (κ3) is 6.16. The fourth-order valence-corrected chi connectivity index (χ4v) is 2.03. The lowest BCUT2D eigenvalue weighted by Gasteiger charge is -2.36. The number of hydrogen-bond acceptors (Lipinski definition) is 6. The molecule has 0 N–H and O–H groups in total. The van der Waals surface area contributed by atoms with Crippen LogP contribution < -0.4 is 0 Å². The van der Waals surface area contributed by atoms with Crippen LogP contribution in [0.25, 0.3) is 0 Å². The molecule has 20 heavy (non-hydrogen) atoms. The number of carbonyl (C=O) groups excluding carboxylic acids is 2. The van der Waals surface area contributed by atoms with Crippen molar-refractivity contribution < 1.29 is 19.1 Å². The highest BCUT2D eigenvalue weighted by atomic mass is 16.5. The summed E-state index contributed by atoms with van der Waals surface area (Å²) in [4.78, 5) is 26.8. The third-order valence-electron chi connectivity index (χ3n) is 3.35. The summed E-state index contributed by atoms with van der Waals surface area (Å²) in [6, 6.07) is 0.582. The maximum Gasteiger partial charge on any atom is 0.331 e. The average molecular weight is 284 g/mol. The maximum absolute atomic E-state index is 11.3. The van der Waals surface area contributed by atoms with Gasteiger partial charge in [-0.15, -0.1) is 0 Å². The molecule has 6 nitrogen and oxygen atoms in total. The molecule has 0 atom stereocenters. The molecular formula is C14H24N2O4. The van der Waals surface area contributed by atoms with Gasteiger partial charge < -0.3 is 9.47 Å². The summed E-state index contributed by atoms with van der Waals surface area (Å²) in [6.45, 7) is 9.55. The molecule has 0 aromatic carbocycles. The quantitative estimate of drug-likeness (QED) is 0.516. The molecule has 0 amide bonds. The van der Waals surface area contributed by atoms with Gasteiger partial charge in [0.1, 0.15) is 6.61 Å². The molecule has 0 aromatic rings. The summed E-state index contributed by atoms with van der Waals surface area (Å²) in [5, 5.41) is 0. The van der Waals surface area contributed by atoms with Crippen LogP contribution in [0.4, 0.5) is 0 Å². The molecule has 6 heteroatoms. The van der Waals surface area contributed by atoms with Gasteiger partial charge in [0.25, 0.3) is 0 Å². The monoisotopic (exact) mass is 284 g/mol. The Balaban J connectivity index is 2.14. The normalized spacial score (nSPS) is 17.6. The van der Waals surface area contributed by atoms with Crippen LogP contribution in [-0.2, 0) is 19.1 Å². The van der Waals surface area contributed by atoms with E-state index < -0.39 is 11.9 Å². The van der Waals surface area contributed by atoms with Gasteiger partial charge >= 0.3 is 11.9 Å². The van der Waals surface area contributed by atoms with Crippen LogP contribution in [0, 0.1) is 0 Å². The van der Waals surface area contributed by atoms with E-state index in [9.17, 15) is 9.59 Å². The summed E-state index contributed by atoms with van der Waals surface area (Å²) in [5.41, 5.74) is 0. The van der Waals surface area contributed by atoms with E-state index in [1.54, 1.807) is 0 Å². The van der Waals surface area contributed by atoms with Crippen molar-refractivity contribution in [2.75, 3.05) is 46.4 Å². The molecule has 1 rings (SSSR count). The first-order chi connectivity index (χ1) is 9.52. The Morgan fingerprint density at radius 1 is 1.10 bits per heavy atom. The van der Waals surface area contributed by atoms with E-state index >= 15 is 0 Å². The van der Waals surface area contributed by atoms with Gasteiger partial charge in [0.2, 0.25) is 0 Å². The number of methoxy groups -OCH3 is 1. The lowest BCUT2D eigenvalue weighted by molar-refractivity contribution is -0.139. The van der Waals surface area contributed by atoms with Crippen LogP contribution >= 0.6 is 0 Å². The SMILES string of the molecule is COC(=O)/C=C/C(=O)OCCN1CCN(C(C)C)CC1. The van der Waals surface area contributed by atoms with Crippen molar-refractivity contribution in [2.24, 2.45) is 0 Å². The van der Waals surface area contributed by atoms with Crippen molar-refractivity contribution in [3.63, 3.8) is 0 Å². The Bertz CT molecular complexity index is 347. The summed E-state index contributed by atoms with van der Waals surface area (Å²) in [5.74, 6) is -1.08. The second-order valence-corrected chi connectivity index (χ2v) is 5.00. The van der Waals surface area contributed by atoms with Crippen molar-refractivity contribution in [2.45, 2.75) is 19.9 Å². The topological polar surface area (TPSA) is 59.1 Å². The molecule has 114 valence electrons. The number of carbonyl (C=O) groups is 2. The fraction of sp³-hybridized carbons (Fsp3) is 0.714. The molecule has 0 radical (unpaired) electrons. The molecule has 0 saturated carbocycles. The van der Waals surface area contributed by atoms with E-state index in [2.05, 4.69) is 28.4 Å². The van der Waals surface area contributed by atoms with E-state index in [0.29, 0.717) is 12.6 Å². The van der Waals surface area contributed by atoms with Crippen LogP contribution in [0.2, 0.25) is 0 Å². The van der Waals surface area contributed by atoms with Gasteiger partial charge in [0, 0.05) is 50.9 Å². The minimum absolute atomic E-state index is 0.339. The van der Waals surface area contributed by atoms with Crippen LogP contribution in [0.15, 0.2) is 12.2 Å². The molecule has 1 aliphatic rings. The second kappa shape index (κ2) is 8.71. The van der Waals surface area contributed by atoms with Gasteiger partial charge in [0.15, 0.2) is 0 Å². The van der Waals surface area contributed by atoms with Crippen LogP contribution in [0.1, 0.15) is 13.8 Å². The van der Waals surface area contributed by atoms with Gasteiger partial charge in [-0.25, -0.2) is 9.59 Å². The number of nitrogens with zero attached hydrogens (tertiary/aromatic N) is 2. The van der Waals surface area contributed by atoms with Crippen molar-refractivity contribution in [1.29, 1.82) is 0 Å². The Kier molecular flexibility index (Phi) is 7.25. The molecule has 1 saturated heterocycles. The minimum atomic E-state index is -0.563. The first-order valence-corrected chi connectivity index (χ1v) is 6.92. The van der Waals surface area contributed by atoms with E-state index in [1.165, 1.54) is 7.11 Å². The molecule has 0 bridgehead atoms. The highest BCUT2D eigenvalue weighted by Gasteiger charge is 2.18. The van der Waals surface area contributed by atoms with Gasteiger partial charge in [-0.2, -0.15) is 0 Å². The first kappa shape index (κ1) is 16.7. The zero-order chi connectivity index (χ0) is 15.0. The largest absolute Gasteiger partial charge is 0.466 e. The second-order valence-electron chi connectivity index (χ2n) is 5.00. The number of rotatable bonds is 6. The molecule has 1 fully saturated rings. The maximum atomic E-state index is 11.3. The number of piperazine rings is 1. The summed E-state index contributed by atoms with van der Waals surface area (Å²) < 4.78 is 9.41. The Morgan fingerprint density at radius 2 is 1.70 bits per heavy atom. The predicted molar refractivity (Wildman–Crippen MR) is 75.3 cm³/mol. The Hall–Kier alpha value is -1.40. The van der Waals surface area contributed by atoms with Gasteiger partial charge in [-0.3, -0.25) is 9.80 Å². The summed E-state index contributed by atoms with van der Waals surface area (Å²) in [6.07, 6.45) is 2.15. The lowest BCUT2D eigenvalue weighted by atomic mass is 10.2. The fourth-order valence-electron chi connectivity index (χ4n) is 2.03. The minimum Gasteiger partial charge on any atom is -0.466 e. The summed E-state index contributed by atoms with van der Waals surface area (Å²) >= 11 is 0. The molecule has 1 aliphatic heterocycles. The molecular weight excluding hydrogens is 260 g/mol. The van der Waals surface area contributed by atoms with Crippen molar-refractivity contribution >= 4 is 11.9 Å².